The molecule has 28 heavy (non-hydrogen) atoms. The summed E-state index contributed by atoms with van der Waals surface area (Å²) in [7, 11) is 0. The number of hydrogen-bond acceptors (Lipinski definition) is 3. The summed E-state index contributed by atoms with van der Waals surface area (Å²) in [6.07, 6.45) is 3.67. The predicted molar refractivity (Wildman–Crippen MR) is 106 cm³/mol. The van der Waals surface area contributed by atoms with Crippen molar-refractivity contribution in [1.82, 2.24) is 9.80 Å². The molecule has 0 radical (unpaired) electrons. The van der Waals surface area contributed by atoms with Crippen LogP contribution in [-0.4, -0.2) is 58.5 Å². The van der Waals surface area contributed by atoms with Crippen LogP contribution in [-0.2, 0) is 4.79 Å². The number of rotatable bonds is 3. The first-order chi connectivity index (χ1) is 13.2. The molecule has 7 heteroatoms. The Morgan fingerprint density at radius 2 is 1.96 bits per heavy atom. The van der Waals surface area contributed by atoms with Gasteiger partial charge in [-0.05, 0) is 70.2 Å². The van der Waals surface area contributed by atoms with Gasteiger partial charge in [0.1, 0.15) is 0 Å². The van der Waals surface area contributed by atoms with Gasteiger partial charge in [-0.25, -0.2) is 4.79 Å². The molecule has 2 fully saturated rings. The highest BCUT2D eigenvalue weighted by Crippen LogP contribution is 2.31. The Morgan fingerprint density at radius 1 is 1.21 bits per heavy atom. The van der Waals surface area contributed by atoms with Gasteiger partial charge in [-0.3, -0.25) is 9.59 Å². The maximum Gasteiger partial charge on any atom is 0.321 e. The number of piperidine rings is 1. The van der Waals surface area contributed by atoms with Crippen molar-refractivity contribution in [2.45, 2.75) is 52.5 Å². The Balaban J connectivity index is 1.67. The number of benzene rings is 1. The number of nitrogens with zero attached hydrogens (tertiary/aromatic N) is 2. The summed E-state index contributed by atoms with van der Waals surface area (Å²) in [5.74, 6) is -0.848. The summed E-state index contributed by atoms with van der Waals surface area (Å²) in [5, 5.41) is 12.2. The van der Waals surface area contributed by atoms with Crippen LogP contribution < -0.4 is 5.32 Å². The number of urea groups is 1. The van der Waals surface area contributed by atoms with Gasteiger partial charge in [0.15, 0.2) is 0 Å². The molecule has 0 aliphatic carbocycles. The Bertz CT molecular complexity index is 794. The van der Waals surface area contributed by atoms with Crippen LogP contribution in [0.4, 0.5) is 10.5 Å². The van der Waals surface area contributed by atoms with Gasteiger partial charge in [0.2, 0.25) is 0 Å². The van der Waals surface area contributed by atoms with Crippen LogP contribution in [0.1, 0.15) is 55.5 Å². The molecule has 3 rings (SSSR count). The SMILES string of the molecule is Cc1cc(C(=O)N2CCCCC2C)ccc1NC(=O)N1CCC(C)(C(=O)O)C1. The monoisotopic (exact) mass is 387 g/mol. The Labute approximate surface area is 165 Å². The number of nitrogens with one attached hydrogen (secondary N) is 1. The van der Waals surface area contributed by atoms with E-state index in [9.17, 15) is 19.5 Å². The topological polar surface area (TPSA) is 90.0 Å². The average Bonchev–Trinajstić information content (AvgIpc) is 3.07. The second-order valence-corrected chi connectivity index (χ2v) is 8.34. The van der Waals surface area contributed by atoms with Gasteiger partial charge in [0.05, 0.1) is 5.41 Å². The van der Waals surface area contributed by atoms with Crippen LogP contribution in [0.3, 0.4) is 0 Å². The molecule has 0 spiro atoms. The number of aliphatic carboxylic acids is 1. The summed E-state index contributed by atoms with van der Waals surface area (Å²) in [6, 6.07) is 5.25. The summed E-state index contributed by atoms with van der Waals surface area (Å²) in [5.41, 5.74) is 1.18. The third-order valence-corrected chi connectivity index (χ3v) is 6.06. The minimum Gasteiger partial charge on any atom is -0.481 e. The lowest BCUT2D eigenvalue weighted by molar-refractivity contribution is -0.146. The standard InChI is InChI=1S/C21H29N3O4/c1-14-12-16(18(25)24-10-5-4-6-15(24)2)7-8-17(14)22-20(28)23-11-9-21(3,13-23)19(26)27/h7-8,12,15H,4-6,9-11,13H2,1-3H3,(H,22,28)(H,26,27). The second kappa shape index (κ2) is 7.81. The molecule has 1 aromatic rings. The number of amides is 3. The van der Waals surface area contributed by atoms with Crippen LogP contribution in [0.5, 0.6) is 0 Å². The van der Waals surface area contributed by atoms with E-state index < -0.39 is 11.4 Å². The van der Waals surface area contributed by atoms with Crippen molar-refractivity contribution in [2.24, 2.45) is 5.41 Å². The van der Waals surface area contributed by atoms with Crippen molar-refractivity contribution < 1.29 is 19.5 Å². The molecule has 2 saturated heterocycles. The number of carboxylic acid groups (broad SMARTS) is 1. The van der Waals surface area contributed by atoms with Crippen LogP contribution in [0.25, 0.3) is 0 Å². The van der Waals surface area contributed by atoms with E-state index in [1.165, 1.54) is 4.90 Å². The van der Waals surface area contributed by atoms with E-state index in [2.05, 4.69) is 12.2 Å². The minimum atomic E-state index is -0.895. The van der Waals surface area contributed by atoms with Gasteiger partial charge in [-0.15, -0.1) is 0 Å². The summed E-state index contributed by atoms with van der Waals surface area (Å²) >= 11 is 0. The lowest BCUT2D eigenvalue weighted by Gasteiger charge is -2.33. The lowest BCUT2D eigenvalue weighted by Crippen LogP contribution is -2.42. The quantitative estimate of drug-likeness (QED) is 0.832. The van der Waals surface area contributed by atoms with Gasteiger partial charge in [-0.2, -0.15) is 0 Å². The zero-order valence-electron chi connectivity index (χ0n) is 16.8. The Morgan fingerprint density at radius 3 is 2.57 bits per heavy atom. The Kier molecular flexibility index (Phi) is 5.63. The highest BCUT2D eigenvalue weighted by Gasteiger charge is 2.42. The van der Waals surface area contributed by atoms with Crippen molar-refractivity contribution in [2.75, 3.05) is 25.0 Å². The van der Waals surface area contributed by atoms with E-state index in [1.54, 1.807) is 19.1 Å². The lowest BCUT2D eigenvalue weighted by atomic mass is 9.90. The molecule has 0 bridgehead atoms. The van der Waals surface area contributed by atoms with Gasteiger partial charge >= 0.3 is 12.0 Å². The van der Waals surface area contributed by atoms with Crippen LogP contribution in [0, 0.1) is 12.3 Å². The van der Waals surface area contributed by atoms with Crippen LogP contribution in [0.15, 0.2) is 18.2 Å². The number of carbonyl (C=O) groups is 3. The van der Waals surface area contributed by atoms with Crippen LogP contribution >= 0.6 is 0 Å². The molecule has 0 saturated carbocycles. The number of carboxylic acids is 1. The summed E-state index contributed by atoms with van der Waals surface area (Å²) in [4.78, 5) is 40.2. The number of anilines is 1. The highest BCUT2D eigenvalue weighted by atomic mass is 16.4. The smallest absolute Gasteiger partial charge is 0.321 e. The Hall–Kier alpha value is -2.57. The van der Waals surface area contributed by atoms with Crippen molar-refractivity contribution >= 4 is 23.6 Å². The third-order valence-electron chi connectivity index (χ3n) is 6.06. The van der Waals surface area contributed by atoms with Gasteiger partial charge in [0, 0.05) is 36.9 Å². The molecule has 2 aliphatic heterocycles. The molecule has 1 aromatic carbocycles. The second-order valence-electron chi connectivity index (χ2n) is 8.34. The third kappa shape index (κ3) is 3.98. The van der Waals surface area contributed by atoms with Gasteiger partial charge < -0.3 is 20.2 Å². The molecule has 152 valence electrons. The van der Waals surface area contributed by atoms with E-state index in [0.29, 0.717) is 24.2 Å². The predicted octanol–water partition coefficient (Wildman–Crippen LogP) is 3.34. The zero-order chi connectivity index (χ0) is 20.5. The van der Waals surface area contributed by atoms with E-state index in [4.69, 9.17) is 0 Å². The van der Waals surface area contributed by atoms with Crippen molar-refractivity contribution in [3.05, 3.63) is 29.3 Å². The maximum absolute atomic E-state index is 12.8. The number of hydrogen-bond donors (Lipinski definition) is 2. The molecule has 2 aliphatic rings. The molecular weight excluding hydrogens is 358 g/mol. The molecule has 2 unspecified atom stereocenters. The largest absolute Gasteiger partial charge is 0.481 e. The first-order valence-corrected chi connectivity index (χ1v) is 9.92. The molecule has 0 aromatic heterocycles. The number of aryl methyl sites for hydroxylation is 1. The highest BCUT2D eigenvalue weighted by molar-refractivity contribution is 5.96. The minimum absolute atomic E-state index is 0.0324. The molecular formula is C21H29N3O4. The molecule has 2 N–H and O–H groups in total. The number of likely N-dealkylation sites (tertiary alicyclic amines) is 2. The van der Waals surface area contributed by atoms with E-state index in [1.807, 2.05) is 17.9 Å². The first kappa shape index (κ1) is 20.2. The molecule has 2 atom stereocenters. The van der Waals surface area contributed by atoms with E-state index >= 15 is 0 Å². The van der Waals surface area contributed by atoms with Gasteiger partial charge in [0.25, 0.3) is 5.91 Å². The van der Waals surface area contributed by atoms with Crippen molar-refractivity contribution in [1.29, 1.82) is 0 Å². The van der Waals surface area contributed by atoms with E-state index in [-0.39, 0.29) is 24.5 Å². The first-order valence-electron chi connectivity index (χ1n) is 9.92. The summed E-state index contributed by atoms with van der Waals surface area (Å²) in [6.45, 7) is 7.00. The fourth-order valence-electron chi connectivity index (χ4n) is 4.01. The average molecular weight is 387 g/mol. The molecule has 7 nitrogen and oxygen atoms in total. The number of carbonyl (C=O) groups excluding carboxylic acids is 2. The molecule has 2 heterocycles. The zero-order valence-corrected chi connectivity index (χ0v) is 16.8. The van der Waals surface area contributed by atoms with Crippen molar-refractivity contribution in [3.63, 3.8) is 0 Å². The van der Waals surface area contributed by atoms with E-state index in [0.717, 1.165) is 31.4 Å². The van der Waals surface area contributed by atoms with Crippen molar-refractivity contribution in [3.8, 4) is 0 Å². The van der Waals surface area contributed by atoms with Gasteiger partial charge in [-0.1, -0.05) is 0 Å². The summed E-state index contributed by atoms with van der Waals surface area (Å²) < 4.78 is 0. The normalized spacial score (nSPS) is 24.9. The fraction of sp³-hybridized carbons (Fsp3) is 0.571. The maximum atomic E-state index is 12.8. The van der Waals surface area contributed by atoms with Crippen LogP contribution in [0.2, 0.25) is 0 Å². The molecule has 3 amide bonds. The fourth-order valence-corrected chi connectivity index (χ4v) is 4.01.